The van der Waals surface area contributed by atoms with Gasteiger partial charge in [-0.3, -0.25) is 4.79 Å². The van der Waals surface area contributed by atoms with Crippen molar-refractivity contribution >= 4 is 33.5 Å². The second-order valence-corrected chi connectivity index (χ2v) is 4.32. The molecular formula is C11H13BrN2O4. The lowest BCUT2D eigenvalue weighted by Gasteiger charge is -2.15. The van der Waals surface area contributed by atoms with E-state index in [1.807, 2.05) is 0 Å². The third-order valence-electron chi connectivity index (χ3n) is 2.30. The molecule has 0 bridgehead atoms. The quantitative estimate of drug-likeness (QED) is 0.728. The summed E-state index contributed by atoms with van der Waals surface area (Å²) >= 11 is 3.21. The van der Waals surface area contributed by atoms with Crippen LogP contribution < -0.4 is 11.1 Å². The number of benzene rings is 1. The fraction of sp³-hybridized carbons (Fsp3) is 0.273. The minimum Gasteiger partial charge on any atom is -0.479 e. The molecular weight excluding hydrogens is 304 g/mol. The fourth-order valence-corrected chi connectivity index (χ4v) is 1.96. The van der Waals surface area contributed by atoms with E-state index in [0.717, 1.165) is 0 Å². The lowest BCUT2D eigenvalue weighted by atomic mass is 10.1. The van der Waals surface area contributed by atoms with E-state index in [4.69, 9.17) is 15.6 Å². The van der Waals surface area contributed by atoms with E-state index >= 15 is 0 Å². The molecule has 1 unspecified atom stereocenters. The molecule has 0 aliphatic heterocycles. The number of hydrogen-bond donors (Lipinski definition) is 3. The first-order valence-electron chi connectivity index (χ1n) is 5.05. The maximum absolute atomic E-state index is 11.3. The molecule has 0 aliphatic carbocycles. The molecule has 1 amide bonds. The monoisotopic (exact) mass is 316 g/mol. The summed E-state index contributed by atoms with van der Waals surface area (Å²) in [6.07, 6.45) is -0.996. The smallest absolute Gasteiger partial charge is 0.334 e. The Hall–Kier alpha value is -1.60. The number of carboxylic acid groups (broad SMARTS) is 1. The summed E-state index contributed by atoms with van der Waals surface area (Å²) in [5, 5.41) is 11.6. The number of aliphatic carboxylic acids is 1. The number of nitrogens with two attached hydrogens (primary N) is 1. The van der Waals surface area contributed by atoms with Crippen LogP contribution in [0, 0.1) is 0 Å². The fourth-order valence-electron chi connectivity index (χ4n) is 1.40. The van der Waals surface area contributed by atoms with Gasteiger partial charge < -0.3 is 20.9 Å². The molecule has 7 heteroatoms. The van der Waals surface area contributed by atoms with Crippen LogP contribution in [0.3, 0.4) is 0 Å². The first-order chi connectivity index (χ1) is 8.47. The number of nitrogens with one attached hydrogen (secondary N) is 1. The van der Waals surface area contributed by atoms with Gasteiger partial charge in [0, 0.05) is 17.3 Å². The average Bonchev–Trinajstić information content (AvgIpc) is 2.28. The number of ether oxygens (including phenoxy) is 1. The molecule has 1 aromatic carbocycles. The van der Waals surface area contributed by atoms with Crippen molar-refractivity contribution < 1.29 is 19.4 Å². The number of methoxy groups -OCH3 is 1. The van der Waals surface area contributed by atoms with Crippen LogP contribution in [0.15, 0.2) is 22.7 Å². The maximum Gasteiger partial charge on any atom is 0.334 e. The van der Waals surface area contributed by atoms with Crippen molar-refractivity contribution in [2.45, 2.75) is 6.10 Å². The van der Waals surface area contributed by atoms with Crippen LogP contribution >= 0.6 is 15.9 Å². The van der Waals surface area contributed by atoms with E-state index in [9.17, 15) is 9.59 Å². The third kappa shape index (κ3) is 3.44. The van der Waals surface area contributed by atoms with Crippen molar-refractivity contribution in [1.82, 2.24) is 0 Å². The highest BCUT2D eigenvalue weighted by molar-refractivity contribution is 9.10. The normalized spacial score (nSPS) is 11.9. The summed E-state index contributed by atoms with van der Waals surface area (Å²) in [6, 6.07) is 5.02. The lowest BCUT2D eigenvalue weighted by molar-refractivity contribution is -0.147. The number of carbonyl (C=O) groups is 2. The Morgan fingerprint density at radius 3 is 2.72 bits per heavy atom. The summed E-state index contributed by atoms with van der Waals surface area (Å²) < 4.78 is 5.32. The van der Waals surface area contributed by atoms with Gasteiger partial charge >= 0.3 is 5.97 Å². The van der Waals surface area contributed by atoms with Crippen molar-refractivity contribution in [3.05, 3.63) is 28.2 Å². The number of hydrogen-bond acceptors (Lipinski definition) is 4. The molecule has 0 spiro atoms. The second-order valence-electron chi connectivity index (χ2n) is 3.47. The van der Waals surface area contributed by atoms with Crippen LogP contribution in [0.1, 0.15) is 10.4 Å². The largest absolute Gasteiger partial charge is 0.479 e. The van der Waals surface area contributed by atoms with Crippen LogP contribution in [-0.2, 0) is 9.53 Å². The Kier molecular flexibility index (Phi) is 5.11. The summed E-state index contributed by atoms with van der Waals surface area (Å²) in [5.74, 6) is -1.69. The number of anilines is 1. The molecule has 0 heterocycles. The van der Waals surface area contributed by atoms with Crippen molar-refractivity contribution in [2.75, 3.05) is 19.0 Å². The van der Waals surface area contributed by atoms with Gasteiger partial charge in [0.25, 0.3) is 5.91 Å². The highest BCUT2D eigenvalue weighted by Gasteiger charge is 2.18. The molecule has 1 rings (SSSR count). The summed E-state index contributed by atoms with van der Waals surface area (Å²) in [7, 11) is 1.30. The van der Waals surface area contributed by atoms with E-state index in [-0.39, 0.29) is 12.1 Å². The van der Waals surface area contributed by atoms with Crippen LogP contribution in [0.2, 0.25) is 0 Å². The van der Waals surface area contributed by atoms with Crippen molar-refractivity contribution in [3.8, 4) is 0 Å². The number of halogens is 1. The first kappa shape index (κ1) is 14.5. The van der Waals surface area contributed by atoms with Crippen molar-refractivity contribution in [3.63, 3.8) is 0 Å². The standard InChI is InChI=1S/C11H13BrN2O4/c1-18-8(11(16)17)5-14-7-4-2-3-6(12)9(7)10(13)15/h2-4,8,14H,5H2,1H3,(H2,13,15)(H,16,17). The SMILES string of the molecule is COC(CNc1cccc(Br)c1C(N)=O)C(=O)O. The highest BCUT2D eigenvalue weighted by Crippen LogP contribution is 2.24. The number of primary amides is 1. The van der Waals surface area contributed by atoms with E-state index < -0.39 is 18.0 Å². The first-order valence-corrected chi connectivity index (χ1v) is 5.84. The Morgan fingerprint density at radius 2 is 2.22 bits per heavy atom. The average molecular weight is 317 g/mol. The number of carboxylic acids is 1. The molecule has 0 saturated heterocycles. The van der Waals surface area contributed by atoms with Gasteiger partial charge in [0.05, 0.1) is 12.1 Å². The van der Waals surface area contributed by atoms with Gasteiger partial charge in [0.15, 0.2) is 6.10 Å². The zero-order valence-corrected chi connectivity index (χ0v) is 11.2. The van der Waals surface area contributed by atoms with Crippen LogP contribution in [0.5, 0.6) is 0 Å². The molecule has 0 radical (unpaired) electrons. The van der Waals surface area contributed by atoms with E-state index in [0.29, 0.717) is 10.2 Å². The maximum atomic E-state index is 11.3. The Morgan fingerprint density at radius 1 is 1.56 bits per heavy atom. The molecule has 1 aromatic rings. The molecule has 0 aliphatic rings. The van der Waals surface area contributed by atoms with Gasteiger partial charge in [-0.25, -0.2) is 4.79 Å². The van der Waals surface area contributed by atoms with Gasteiger partial charge in [-0.1, -0.05) is 6.07 Å². The van der Waals surface area contributed by atoms with Gasteiger partial charge in [-0.05, 0) is 28.1 Å². The van der Waals surface area contributed by atoms with Gasteiger partial charge in [-0.15, -0.1) is 0 Å². The number of rotatable bonds is 6. The third-order valence-corrected chi connectivity index (χ3v) is 2.96. The Balaban J connectivity index is 2.88. The van der Waals surface area contributed by atoms with E-state index in [2.05, 4.69) is 21.2 Å². The predicted molar refractivity (Wildman–Crippen MR) is 69.6 cm³/mol. The zero-order chi connectivity index (χ0) is 13.7. The Bertz CT molecular complexity index is 464. The lowest BCUT2D eigenvalue weighted by Crippen LogP contribution is -2.31. The van der Waals surface area contributed by atoms with E-state index in [1.165, 1.54) is 7.11 Å². The zero-order valence-electron chi connectivity index (χ0n) is 9.64. The molecule has 98 valence electrons. The van der Waals surface area contributed by atoms with Gasteiger partial charge in [0.1, 0.15) is 0 Å². The molecule has 18 heavy (non-hydrogen) atoms. The van der Waals surface area contributed by atoms with Crippen LogP contribution in [-0.4, -0.2) is 36.7 Å². The van der Waals surface area contributed by atoms with Crippen molar-refractivity contribution in [1.29, 1.82) is 0 Å². The summed E-state index contributed by atoms with van der Waals surface area (Å²) in [6.45, 7) is 0.0303. The highest BCUT2D eigenvalue weighted by atomic mass is 79.9. The predicted octanol–water partition coefficient (Wildman–Crippen LogP) is 1.06. The second kappa shape index (κ2) is 6.36. The number of amides is 1. The molecule has 0 saturated carbocycles. The molecule has 1 atom stereocenters. The van der Waals surface area contributed by atoms with E-state index in [1.54, 1.807) is 18.2 Å². The topological polar surface area (TPSA) is 102 Å². The van der Waals surface area contributed by atoms with Crippen LogP contribution in [0.25, 0.3) is 0 Å². The molecule has 6 nitrogen and oxygen atoms in total. The summed E-state index contributed by atoms with van der Waals surface area (Å²) in [4.78, 5) is 22.1. The van der Waals surface area contributed by atoms with Gasteiger partial charge in [0.2, 0.25) is 0 Å². The minimum absolute atomic E-state index is 0.0303. The molecule has 0 fully saturated rings. The summed E-state index contributed by atoms with van der Waals surface area (Å²) in [5.41, 5.74) is 5.99. The van der Waals surface area contributed by atoms with Crippen molar-refractivity contribution in [2.24, 2.45) is 5.73 Å². The molecule has 0 aromatic heterocycles. The van der Waals surface area contributed by atoms with Crippen LogP contribution in [0.4, 0.5) is 5.69 Å². The molecule has 4 N–H and O–H groups in total. The minimum atomic E-state index is -1.08. The number of carbonyl (C=O) groups excluding carboxylic acids is 1. The van der Waals surface area contributed by atoms with Gasteiger partial charge in [-0.2, -0.15) is 0 Å². The Labute approximate surface area is 112 Å².